The fraction of sp³-hybridized carbons (Fsp3) is 0.196. The van der Waals surface area contributed by atoms with Gasteiger partial charge in [-0.05, 0) is 160 Å². The van der Waals surface area contributed by atoms with Gasteiger partial charge in [0, 0.05) is 36.8 Å². The van der Waals surface area contributed by atoms with E-state index >= 15 is 0 Å². The van der Waals surface area contributed by atoms with Crippen molar-refractivity contribution in [3.63, 3.8) is 0 Å². The van der Waals surface area contributed by atoms with E-state index in [4.69, 9.17) is 37.9 Å². The Morgan fingerprint density at radius 3 is 0.541 bits per heavy atom. The van der Waals surface area contributed by atoms with Crippen molar-refractivity contribution in [1.82, 2.24) is 0 Å². The molecule has 10 heteroatoms. The number of ether oxygens (including phenoxy) is 8. The normalized spacial score (nSPS) is 12.8. The van der Waals surface area contributed by atoms with Crippen molar-refractivity contribution in [3.05, 3.63) is 451 Å². The minimum absolute atomic E-state index is 0.0102. The van der Waals surface area contributed by atoms with Gasteiger partial charge in [-0.25, -0.2) is 0 Å². The van der Waals surface area contributed by atoms with Crippen molar-refractivity contribution in [2.45, 2.75) is 89.6 Å². The van der Waals surface area contributed by atoms with Gasteiger partial charge in [-0.1, -0.05) is 381 Å². The number of benzene rings is 12. The van der Waals surface area contributed by atoms with E-state index in [9.17, 15) is 10.5 Å². The fourth-order valence-electron chi connectivity index (χ4n) is 14.7. The summed E-state index contributed by atoms with van der Waals surface area (Å²) in [6.07, 6.45) is 33.0. The lowest BCUT2D eigenvalue weighted by Gasteiger charge is -2.30. The van der Waals surface area contributed by atoms with Gasteiger partial charge in [0.05, 0.1) is 26.4 Å². The molecule has 0 aromatic heterocycles. The molecule has 0 saturated heterocycles. The molecule has 1 aliphatic rings. The van der Waals surface area contributed by atoms with E-state index in [1.54, 1.807) is 0 Å². The largest absolute Gasteiger partial charge is 0.489 e. The summed E-state index contributed by atoms with van der Waals surface area (Å²) in [5.41, 5.74) is 16.4. The predicted octanol–water partition coefficient (Wildman–Crippen LogP) is 25.6. The van der Waals surface area contributed by atoms with Crippen LogP contribution in [0.15, 0.2) is 340 Å². The van der Waals surface area contributed by atoms with Gasteiger partial charge >= 0.3 is 0 Å². The smallest absolute Gasteiger partial charge is 0.287 e. The highest BCUT2D eigenvalue weighted by Crippen LogP contribution is 2.46. The molecular formula is C112H106N2O8. The minimum atomic E-state index is -2.02. The predicted molar refractivity (Wildman–Crippen MR) is 499 cm³/mol. The number of fused-ring (bicyclic) bond motifs is 8. The lowest BCUT2D eigenvalue weighted by Crippen LogP contribution is -2.32. The van der Waals surface area contributed by atoms with Crippen LogP contribution < -0.4 is 18.9 Å². The minimum Gasteiger partial charge on any atom is -0.489 e. The van der Waals surface area contributed by atoms with E-state index in [-0.39, 0.29) is 78.5 Å². The number of hydrogen-bond acceptors (Lipinski definition) is 10. The van der Waals surface area contributed by atoms with Crippen molar-refractivity contribution in [2.75, 3.05) is 52.9 Å². The molecule has 0 atom stereocenters. The first-order valence-electron chi connectivity index (χ1n) is 41.9. The van der Waals surface area contributed by atoms with Crippen molar-refractivity contribution >= 4 is 48.6 Å². The third-order valence-electron chi connectivity index (χ3n) is 21.0. The Balaban J connectivity index is 1.11. The molecule has 0 heterocycles. The van der Waals surface area contributed by atoms with Crippen molar-refractivity contribution in [3.8, 4) is 35.1 Å². The average Bonchev–Trinajstić information content (AvgIpc) is 0.753. The fourth-order valence-corrected chi connectivity index (χ4v) is 14.7. The Labute approximate surface area is 721 Å². The molecule has 1 aliphatic carbocycles. The summed E-state index contributed by atoms with van der Waals surface area (Å²) in [5.74, 6) is -1.58. The molecule has 0 fully saturated rings. The number of nitriles is 2. The molecule has 13 rings (SSSR count). The molecule has 12 aromatic carbocycles. The van der Waals surface area contributed by atoms with Gasteiger partial charge in [0.1, 0.15) is 61.6 Å². The molecule has 8 bridgehead atoms. The molecule has 10 nitrogen and oxygen atoms in total. The molecule has 0 amide bonds. The van der Waals surface area contributed by atoms with E-state index in [2.05, 4.69) is 151 Å². The van der Waals surface area contributed by atoms with Gasteiger partial charge in [-0.3, -0.25) is 0 Å². The molecule has 612 valence electrons. The lowest BCUT2D eigenvalue weighted by molar-refractivity contribution is -0.193. The summed E-state index contributed by atoms with van der Waals surface area (Å²) < 4.78 is 58.2. The van der Waals surface area contributed by atoms with Crippen LogP contribution in [-0.4, -0.2) is 52.9 Å². The number of hydrogen-bond donors (Lipinski definition) is 0. The van der Waals surface area contributed by atoms with Gasteiger partial charge in [0.2, 0.25) is 0 Å². The maximum Gasteiger partial charge on any atom is 0.287 e. The van der Waals surface area contributed by atoms with E-state index in [0.29, 0.717) is 34.1 Å². The SMILES string of the molecule is CC(C)(C)c1cc2c(OC/C=C/c3ccccc3)c(c1)Cc1cc(C(C#N)(OC/C=C/c3ccccc3)OC/C=C/c3ccccc3)cc(c1OC/C=C/c1ccccc1)Cc1cc(C(C)(C)C)cc(c1OC/C=C/c1ccccc1)Cc1cc(C(C#N)(OC/C=C/c3ccccc3)OC/C=C/c3ccccc3)cc(c1OC/C=C/c1ccccc1)C2. The molecule has 122 heavy (non-hydrogen) atoms. The standard InChI is InChI=1S/C112H106N2O8/c1-109(2,3)101-75-93-71-97-79-103(111(83-113,119-67-35-59-89-47-23-11-24-48-89)120-68-36-60-90-49-25-12-26-50-90)81-99(107(97)117-65-33-57-87-43-19-9-20-44-87)73-95-77-102(110(4,5)6)78-96(106(95)116-64-32-56-86-41-17-8-18-42-86)74-100-82-104(112(84-114,121-69-37-61-91-51-27-13-28-52-91)122-70-38-62-92-53-29-14-30-54-92)80-98(108(100)118-66-34-58-88-45-21-10-22-46-88)72-94(76-101)105(93)115-63-31-55-85-39-15-7-16-40-85/h7-62,75-82H,63-74H2,1-6H3/b55-31+,56-32+,57-33+,58-34+,59-35+,60-36+,61-37+,62-38+. The topological polar surface area (TPSA) is 121 Å². The van der Waals surface area contributed by atoms with Crippen molar-refractivity contribution < 1.29 is 37.9 Å². The van der Waals surface area contributed by atoms with Crippen LogP contribution in [0.3, 0.4) is 0 Å². The highest BCUT2D eigenvalue weighted by Gasteiger charge is 2.39. The Kier molecular flexibility index (Phi) is 30.5. The molecule has 0 aliphatic heterocycles. The molecule has 12 aromatic rings. The highest BCUT2D eigenvalue weighted by atomic mass is 16.7. The summed E-state index contributed by atoms with van der Waals surface area (Å²) in [7, 11) is 0. The summed E-state index contributed by atoms with van der Waals surface area (Å²) in [6, 6.07) is 103. The molecular weight excluding hydrogens is 1500 g/mol. The third-order valence-corrected chi connectivity index (χ3v) is 21.0. The molecule has 0 unspecified atom stereocenters. The van der Waals surface area contributed by atoms with Gasteiger partial charge in [0.25, 0.3) is 11.6 Å². The van der Waals surface area contributed by atoms with Crippen LogP contribution in [0.5, 0.6) is 23.0 Å². The van der Waals surface area contributed by atoms with E-state index in [0.717, 1.165) is 100 Å². The quantitative estimate of drug-likeness (QED) is 0.0360. The summed E-state index contributed by atoms with van der Waals surface area (Å²) >= 11 is 0. The zero-order chi connectivity index (χ0) is 84.7. The second kappa shape index (κ2) is 43.0. The second-order valence-corrected chi connectivity index (χ2v) is 32.2. The first-order valence-corrected chi connectivity index (χ1v) is 41.9. The van der Waals surface area contributed by atoms with Crippen LogP contribution in [0.2, 0.25) is 0 Å². The number of nitrogens with zero attached hydrogens (tertiary/aromatic N) is 2. The van der Waals surface area contributed by atoms with E-state index in [1.807, 2.05) is 291 Å². The van der Waals surface area contributed by atoms with Crippen LogP contribution in [0.4, 0.5) is 0 Å². The Morgan fingerprint density at radius 1 is 0.230 bits per heavy atom. The average molecular weight is 1610 g/mol. The second-order valence-electron chi connectivity index (χ2n) is 32.2. The lowest BCUT2D eigenvalue weighted by atomic mass is 9.81. The van der Waals surface area contributed by atoms with E-state index in [1.165, 1.54) is 0 Å². The van der Waals surface area contributed by atoms with Gasteiger partial charge in [0.15, 0.2) is 0 Å². The molecule has 0 saturated carbocycles. The monoisotopic (exact) mass is 1610 g/mol. The van der Waals surface area contributed by atoms with Gasteiger partial charge in [-0.15, -0.1) is 0 Å². The zero-order valence-electron chi connectivity index (χ0n) is 70.6. The van der Waals surface area contributed by atoms with Crippen LogP contribution in [0.25, 0.3) is 48.6 Å². The molecule has 0 spiro atoms. The van der Waals surface area contributed by atoms with Crippen LogP contribution in [0, 0.1) is 22.7 Å². The summed E-state index contributed by atoms with van der Waals surface area (Å²) in [6.45, 7) is 14.1. The molecule has 0 N–H and O–H groups in total. The maximum absolute atomic E-state index is 12.3. The maximum atomic E-state index is 12.3. The third kappa shape index (κ3) is 24.4. The first-order chi connectivity index (χ1) is 59.6. The number of rotatable bonds is 34. The van der Waals surface area contributed by atoms with Crippen molar-refractivity contribution in [2.24, 2.45) is 0 Å². The van der Waals surface area contributed by atoms with Gasteiger partial charge < -0.3 is 37.9 Å². The zero-order valence-corrected chi connectivity index (χ0v) is 70.6. The first kappa shape index (κ1) is 86.4. The molecule has 0 radical (unpaired) electrons. The Morgan fingerprint density at radius 2 is 0.385 bits per heavy atom. The highest BCUT2D eigenvalue weighted by molar-refractivity contribution is 5.63. The van der Waals surface area contributed by atoms with Crippen LogP contribution >= 0.6 is 0 Å². The van der Waals surface area contributed by atoms with E-state index < -0.39 is 22.4 Å². The van der Waals surface area contributed by atoms with Crippen molar-refractivity contribution in [1.29, 1.82) is 10.5 Å². The Hall–Kier alpha value is -13.4. The van der Waals surface area contributed by atoms with Crippen LogP contribution in [-0.2, 0) is 67.0 Å². The summed E-state index contributed by atoms with van der Waals surface area (Å²) in [5, 5.41) is 24.6. The van der Waals surface area contributed by atoms with Gasteiger partial charge in [-0.2, -0.15) is 10.5 Å². The van der Waals surface area contributed by atoms with Crippen LogP contribution in [0.1, 0.15) is 153 Å². The Bertz CT molecular complexity index is 5170. The summed E-state index contributed by atoms with van der Waals surface area (Å²) in [4.78, 5) is 0.